The number of amides is 1. The van der Waals surface area contributed by atoms with Crippen LogP contribution in [-0.4, -0.2) is 48.8 Å². The Morgan fingerprint density at radius 1 is 1.16 bits per heavy atom. The number of carbonyl (C=O) groups excluding carboxylic acids is 4. The van der Waals surface area contributed by atoms with E-state index in [9.17, 15) is 19.2 Å². The third-order valence-electron chi connectivity index (χ3n) is 5.44. The molecule has 7 nitrogen and oxygen atoms in total. The SMILES string of the molecule is CCCC(=O)C(=O)[C@@H](CC(=O)[C@H](CC(C)C)NC(=O)O[C@H]1CCOC1)Cc1ccccc1. The Morgan fingerprint density at radius 3 is 2.47 bits per heavy atom. The van der Waals surface area contributed by atoms with E-state index in [4.69, 9.17) is 9.47 Å². The Bertz CT molecular complexity index is 770. The zero-order chi connectivity index (χ0) is 23.5. The standard InChI is InChI=1S/C25H35NO6/c1-4-8-22(27)24(29)19(14-18-9-6-5-7-10-18)15-23(28)21(13-17(2)3)26-25(30)32-20-11-12-31-16-20/h5-7,9-10,17,19-21H,4,8,11-16H2,1-3H3,(H,26,30)/t19-,20+,21+/m1/s1. The molecule has 0 aliphatic carbocycles. The molecular weight excluding hydrogens is 410 g/mol. The summed E-state index contributed by atoms with van der Waals surface area (Å²) in [5.74, 6) is -1.84. The van der Waals surface area contributed by atoms with E-state index >= 15 is 0 Å². The average molecular weight is 446 g/mol. The van der Waals surface area contributed by atoms with Gasteiger partial charge in [0, 0.05) is 25.2 Å². The zero-order valence-electron chi connectivity index (χ0n) is 19.3. The van der Waals surface area contributed by atoms with Crippen molar-refractivity contribution >= 4 is 23.4 Å². The van der Waals surface area contributed by atoms with E-state index in [1.165, 1.54) is 0 Å². The molecule has 32 heavy (non-hydrogen) atoms. The molecule has 0 aromatic heterocycles. The highest BCUT2D eigenvalue weighted by Crippen LogP contribution is 2.19. The molecule has 2 rings (SSSR count). The summed E-state index contributed by atoms with van der Waals surface area (Å²) in [4.78, 5) is 50.7. The monoisotopic (exact) mass is 445 g/mol. The minimum Gasteiger partial charge on any atom is -0.444 e. The first-order chi connectivity index (χ1) is 15.3. The van der Waals surface area contributed by atoms with Gasteiger partial charge in [-0.2, -0.15) is 0 Å². The molecule has 176 valence electrons. The van der Waals surface area contributed by atoms with Crippen LogP contribution in [0.1, 0.15) is 58.4 Å². The Labute approximate surface area is 190 Å². The Hall–Kier alpha value is -2.54. The van der Waals surface area contributed by atoms with Crippen LogP contribution in [0, 0.1) is 11.8 Å². The number of ketones is 3. The smallest absolute Gasteiger partial charge is 0.408 e. The summed E-state index contributed by atoms with van der Waals surface area (Å²) in [5.41, 5.74) is 0.886. The summed E-state index contributed by atoms with van der Waals surface area (Å²) in [6.45, 7) is 6.64. The van der Waals surface area contributed by atoms with Crippen molar-refractivity contribution in [2.45, 2.75) is 71.4 Å². The Morgan fingerprint density at radius 2 is 1.88 bits per heavy atom. The van der Waals surface area contributed by atoms with Crippen LogP contribution >= 0.6 is 0 Å². The minimum atomic E-state index is -0.780. The summed E-state index contributed by atoms with van der Waals surface area (Å²) in [7, 11) is 0. The van der Waals surface area contributed by atoms with Crippen LogP contribution in [0.15, 0.2) is 30.3 Å². The molecule has 1 amide bonds. The number of hydrogen-bond donors (Lipinski definition) is 1. The molecule has 3 atom stereocenters. The molecule has 1 aromatic rings. The topological polar surface area (TPSA) is 98.8 Å². The third-order valence-corrected chi connectivity index (χ3v) is 5.44. The first-order valence-corrected chi connectivity index (χ1v) is 11.5. The second kappa shape index (κ2) is 13.1. The zero-order valence-corrected chi connectivity index (χ0v) is 19.3. The highest BCUT2D eigenvalue weighted by atomic mass is 16.6. The molecule has 1 heterocycles. The lowest BCUT2D eigenvalue weighted by Gasteiger charge is -2.23. The van der Waals surface area contributed by atoms with E-state index in [0.717, 1.165) is 5.56 Å². The predicted molar refractivity (Wildman–Crippen MR) is 120 cm³/mol. The van der Waals surface area contributed by atoms with Gasteiger partial charge in [0.2, 0.25) is 5.78 Å². The van der Waals surface area contributed by atoms with Gasteiger partial charge in [0.25, 0.3) is 0 Å². The summed E-state index contributed by atoms with van der Waals surface area (Å²) in [5, 5.41) is 2.68. The number of ether oxygens (including phenoxy) is 2. The van der Waals surface area contributed by atoms with Crippen molar-refractivity contribution in [1.29, 1.82) is 0 Å². The molecule has 0 unspecified atom stereocenters. The normalized spacial score (nSPS) is 17.6. The molecule has 0 spiro atoms. The first kappa shape index (κ1) is 25.7. The van der Waals surface area contributed by atoms with Crippen LogP contribution in [0.25, 0.3) is 0 Å². The van der Waals surface area contributed by atoms with E-state index in [-0.39, 0.29) is 30.6 Å². The molecule has 0 saturated carbocycles. The quantitative estimate of drug-likeness (QED) is 0.465. The summed E-state index contributed by atoms with van der Waals surface area (Å²) in [6, 6.07) is 8.56. The molecule has 1 aromatic carbocycles. The molecule has 1 saturated heterocycles. The van der Waals surface area contributed by atoms with Crippen molar-refractivity contribution in [2.75, 3.05) is 13.2 Å². The second-order valence-corrected chi connectivity index (χ2v) is 8.81. The van der Waals surface area contributed by atoms with Gasteiger partial charge in [0.05, 0.1) is 19.3 Å². The molecular formula is C25H35NO6. The van der Waals surface area contributed by atoms with E-state index in [1.54, 1.807) is 0 Å². The highest BCUT2D eigenvalue weighted by molar-refractivity contribution is 6.38. The third kappa shape index (κ3) is 8.54. The average Bonchev–Trinajstić information content (AvgIpc) is 3.25. The van der Waals surface area contributed by atoms with Crippen LogP contribution in [0.2, 0.25) is 0 Å². The summed E-state index contributed by atoms with van der Waals surface area (Å²) < 4.78 is 10.6. The maximum atomic E-state index is 13.2. The van der Waals surface area contributed by atoms with E-state index in [2.05, 4.69) is 5.32 Å². The lowest BCUT2D eigenvalue weighted by Crippen LogP contribution is -2.44. The lowest BCUT2D eigenvalue weighted by molar-refractivity contribution is -0.140. The molecule has 0 bridgehead atoms. The van der Waals surface area contributed by atoms with Gasteiger partial charge >= 0.3 is 6.09 Å². The number of nitrogens with one attached hydrogen (secondary N) is 1. The van der Waals surface area contributed by atoms with Gasteiger partial charge < -0.3 is 14.8 Å². The number of rotatable bonds is 13. The molecule has 1 fully saturated rings. The largest absolute Gasteiger partial charge is 0.444 e. The van der Waals surface area contributed by atoms with E-state index < -0.39 is 29.6 Å². The van der Waals surface area contributed by atoms with Crippen molar-refractivity contribution in [3.63, 3.8) is 0 Å². The van der Waals surface area contributed by atoms with Crippen LogP contribution in [0.3, 0.4) is 0 Å². The Kier molecular flexibility index (Phi) is 10.5. The van der Waals surface area contributed by atoms with Gasteiger partial charge in [0.15, 0.2) is 11.6 Å². The maximum absolute atomic E-state index is 13.2. The molecule has 7 heteroatoms. The number of Topliss-reactive ketones (excluding diaryl/α,β-unsaturated/α-hetero) is 3. The molecule has 1 N–H and O–H groups in total. The fourth-order valence-corrected chi connectivity index (χ4v) is 3.79. The Balaban J connectivity index is 2.11. The van der Waals surface area contributed by atoms with Crippen LogP contribution in [0.5, 0.6) is 0 Å². The van der Waals surface area contributed by atoms with Gasteiger partial charge in [-0.1, -0.05) is 51.1 Å². The van der Waals surface area contributed by atoms with Gasteiger partial charge in [-0.25, -0.2) is 4.79 Å². The summed E-state index contributed by atoms with van der Waals surface area (Å²) >= 11 is 0. The molecule has 1 aliphatic rings. The van der Waals surface area contributed by atoms with Gasteiger partial charge in [-0.05, 0) is 30.7 Å². The number of benzene rings is 1. The molecule has 1 aliphatic heterocycles. The van der Waals surface area contributed by atoms with E-state index in [1.807, 2.05) is 51.1 Å². The van der Waals surface area contributed by atoms with Crippen LogP contribution in [0.4, 0.5) is 4.79 Å². The van der Waals surface area contributed by atoms with Crippen molar-refractivity contribution < 1.29 is 28.7 Å². The number of carbonyl (C=O) groups is 4. The highest BCUT2D eigenvalue weighted by Gasteiger charge is 2.31. The minimum absolute atomic E-state index is 0.104. The number of hydrogen-bond acceptors (Lipinski definition) is 6. The lowest BCUT2D eigenvalue weighted by atomic mass is 9.85. The van der Waals surface area contributed by atoms with Gasteiger partial charge in [0.1, 0.15) is 6.10 Å². The van der Waals surface area contributed by atoms with Crippen molar-refractivity contribution in [1.82, 2.24) is 5.32 Å². The fraction of sp³-hybridized carbons (Fsp3) is 0.600. The molecule has 0 radical (unpaired) electrons. The number of alkyl carbamates (subject to hydrolysis) is 1. The predicted octanol–water partition coefficient (Wildman–Crippen LogP) is 3.67. The second-order valence-electron chi connectivity index (χ2n) is 8.81. The summed E-state index contributed by atoms with van der Waals surface area (Å²) in [6.07, 6.45) is 1.02. The van der Waals surface area contributed by atoms with E-state index in [0.29, 0.717) is 38.9 Å². The maximum Gasteiger partial charge on any atom is 0.408 e. The van der Waals surface area contributed by atoms with Crippen molar-refractivity contribution in [2.24, 2.45) is 11.8 Å². The van der Waals surface area contributed by atoms with Crippen LogP contribution < -0.4 is 5.32 Å². The van der Waals surface area contributed by atoms with Crippen LogP contribution in [-0.2, 0) is 30.3 Å². The van der Waals surface area contributed by atoms with Crippen molar-refractivity contribution in [3.05, 3.63) is 35.9 Å². The van der Waals surface area contributed by atoms with Gasteiger partial charge in [-0.15, -0.1) is 0 Å². The fourth-order valence-electron chi connectivity index (χ4n) is 3.79. The first-order valence-electron chi connectivity index (χ1n) is 11.5. The van der Waals surface area contributed by atoms with Crippen molar-refractivity contribution in [3.8, 4) is 0 Å². The van der Waals surface area contributed by atoms with Gasteiger partial charge in [-0.3, -0.25) is 14.4 Å².